The molecule has 1 aromatic heterocycles. The van der Waals surface area contributed by atoms with Crippen molar-refractivity contribution >= 4 is 50.6 Å². The second-order valence-electron chi connectivity index (χ2n) is 3.54. The van der Waals surface area contributed by atoms with E-state index in [1.54, 1.807) is 0 Å². The van der Waals surface area contributed by atoms with Gasteiger partial charge in [-0.1, -0.05) is 34.8 Å². The first-order chi connectivity index (χ1) is 8.29. The van der Waals surface area contributed by atoms with Crippen LogP contribution in [0.15, 0.2) is 6.07 Å². The van der Waals surface area contributed by atoms with Gasteiger partial charge in [0, 0.05) is 13.1 Å². The molecule has 9 heteroatoms. The molecule has 18 heavy (non-hydrogen) atoms. The number of anilines is 1. The van der Waals surface area contributed by atoms with Crippen LogP contribution in [-0.2, 0) is 10.0 Å². The Balaban J connectivity index is 2.43. The molecule has 0 aliphatic rings. The molecule has 0 unspecified atom stereocenters. The Kier molecular flexibility index (Phi) is 5.94. The highest BCUT2D eigenvalue weighted by atomic mass is 35.5. The number of pyridine rings is 1. The van der Waals surface area contributed by atoms with E-state index in [0.717, 1.165) is 6.26 Å². The van der Waals surface area contributed by atoms with Gasteiger partial charge in [0.05, 0.1) is 16.3 Å². The zero-order chi connectivity index (χ0) is 13.8. The summed E-state index contributed by atoms with van der Waals surface area (Å²) in [6.07, 6.45) is 1.70. The summed E-state index contributed by atoms with van der Waals surface area (Å²) >= 11 is 17.4. The Morgan fingerprint density at radius 3 is 2.50 bits per heavy atom. The normalized spacial score (nSPS) is 11.6. The van der Waals surface area contributed by atoms with Gasteiger partial charge >= 0.3 is 0 Å². The van der Waals surface area contributed by atoms with Crippen LogP contribution in [0.3, 0.4) is 0 Å². The number of aromatic nitrogens is 1. The van der Waals surface area contributed by atoms with Gasteiger partial charge in [-0.05, 0) is 12.5 Å². The molecule has 0 bridgehead atoms. The van der Waals surface area contributed by atoms with E-state index >= 15 is 0 Å². The Morgan fingerprint density at radius 1 is 1.22 bits per heavy atom. The number of nitrogens with one attached hydrogen (secondary N) is 2. The van der Waals surface area contributed by atoms with Gasteiger partial charge in [-0.2, -0.15) is 0 Å². The average Bonchev–Trinajstić information content (AvgIpc) is 2.23. The van der Waals surface area contributed by atoms with E-state index in [9.17, 15) is 8.42 Å². The van der Waals surface area contributed by atoms with Crippen molar-refractivity contribution in [3.05, 3.63) is 21.3 Å². The van der Waals surface area contributed by atoms with Gasteiger partial charge in [-0.15, -0.1) is 0 Å². The molecule has 1 heterocycles. The average molecular weight is 333 g/mol. The molecule has 0 aromatic carbocycles. The van der Waals surface area contributed by atoms with E-state index in [1.807, 2.05) is 0 Å². The molecule has 5 nitrogen and oxygen atoms in total. The maximum Gasteiger partial charge on any atom is 0.208 e. The van der Waals surface area contributed by atoms with E-state index in [-0.39, 0.29) is 10.2 Å². The van der Waals surface area contributed by atoms with E-state index < -0.39 is 10.0 Å². The van der Waals surface area contributed by atoms with E-state index in [1.165, 1.54) is 6.07 Å². The summed E-state index contributed by atoms with van der Waals surface area (Å²) in [4.78, 5) is 3.97. The van der Waals surface area contributed by atoms with Crippen molar-refractivity contribution in [2.24, 2.45) is 0 Å². The maximum atomic E-state index is 10.8. The number of sulfonamides is 1. The molecule has 102 valence electrons. The van der Waals surface area contributed by atoms with Crippen LogP contribution in [0.2, 0.25) is 15.2 Å². The van der Waals surface area contributed by atoms with Crippen molar-refractivity contribution in [2.75, 3.05) is 24.7 Å². The lowest BCUT2D eigenvalue weighted by Crippen LogP contribution is -2.24. The van der Waals surface area contributed by atoms with Crippen LogP contribution >= 0.6 is 34.8 Å². The number of rotatable bonds is 6. The number of halogens is 3. The molecule has 2 N–H and O–H groups in total. The van der Waals surface area contributed by atoms with Gasteiger partial charge < -0.3 is 5.32 Å². The number of hydrogen-bond acceptors (Lipinski definition) is 4. The standard InChI is InChI=1S/C9H12Cl3N3O2S/c1-18(16,17)14-4-2-3-13-9-7(11)5-6(10)8(12)15-9/h5,14H,2-4H2,1H3,(H,13,15). The summed E-state index contributed by atoms with van der Waals surface area (Å²) in [5, 5.41) is 3.76. The van der Waals surface area contributed by atoms with E-state index in [2.05, 4.69) is 15.0 Å². The minimum absolute atomic E-state index is 0.165. The molecule has 0 atom stereocenters. The largest absolute Gasteiger partial charge is 0.369 e. The van der Waals surface area contributed by atoms with Crippen molar-refractivity contribution in [2.45, 2.75) is 6.42 Å². The molecule has 0 saturated heterocycles. The third kappa shape index (κ3) is 5.58. The van der Waals surface area contributed by atoms with Crippen LogP contribution in [0.1, 0.15) is 6.42 Å². The molecule has 1 aromatic rings. The molecule has 0 radical (unpaired) electrons. The van der Waals surface area contributed by atoms with Gasteiger partial charge in [0.15, 0.2) is 0 Å². The third-order valence-electron chi connectivity index (χ3n) is 1.90. The van der Waals surface area contributed by atoms with Gasteiger partial charge in [-0.25, -0.2) is 18.1 Å². The van der Waals surface area contributed by atoms with Crippen molar-refractivity contribution in [1.82, 2.24) is 9.71 Å². The summed E-state index contributed by atoms with van der Waals surface area (Å²) < 4.78 is 24.0. The second-order valence-corrected chi connectivity index (χ2v) is 6.54. The highest BCUT2D eigenvalue weighted by molar-refractivity contribution is 7.88. The Morgan fingerprint density at radius 2 is 1.89 bits per heavy atom. The smallest absolute Gasteiger partial charge is 0.208 e. The molecular formula is C9H12Cl3N3O2S. The van der Waals surface area contributed by atoms with E-state index in [0.29, 0.717) is 30.4 Å². The van der Waals surface area contributed by atoms with Gasteiger partial charge in [0.1, 0.15) is 11.0 Å². The lowest BCUT2D eigenvalue weighted by atomic mass is 10.4. The zero-order valence-corrected chi connectivity index (χ0v) is 12.6. The minimum Gasteiger partial charge on any atom is -0.369 e. The van der Waals surface area contributed by atoms with Crippen LogP contribution in [0.4, 0.5) is 5.82 Å². The molecule has 0 aliphatic heterocycles. The summed E-state index contributed by atoms with van der Waals surface area (Å²) in [5.74, 6) is 0.422. The minimum atomic E-state index is -3.15. The zero-order valence-electron chi connectivity index (χ0n) is 9.50. The summed E-state index contributed by atoms with van der Waals surface area (Å²) in [6, 6.07) is 1.50. The fourth-order valence-corrected chi connectivity index (χ4v) is 2.20. The highest BCUT2D eigenvalue weighted by Gasteiger charge is 2.07. The van der Waals surface area contributed by atoms with Crippen molar-refractivity contribution in [1.29, 1.82) is 0 Å². The Bertz CT molecular complexity index is 522. The SMILES string of the molecule is CS(=O)(=O)NCCCNc1nc(Cl)c(Cl)cc1Cl. The number of hydrogen-bond donors (Lipinski definition) is 2. The first-order valence-corrected chi connectivity index (χ1v) is 8.02. The highest BCUT2D eigenvalue weighted by Crippen LogP contribution is 2.28. The van der Waals surface area contributed by atoms with Gasteiger partial charge in [0.2, 0.25) is 10.0 Å². The third-order valence-corrected chi connectivity index (χ3v) is 3.59. The summed E-state index contributed by atoms with van der Waals surface area (Å²) in [5.41, 5.74) is 0. The van der Waals surface area contributed by atoms with Crippen molar-refractivity contribution in [3.8, 4) is 0 Å². The molecular weight excluding hydrogens is 321 g/mol. The molecule has 0 saturated carbocycles. The van der Waals surface area contributed by atoms with Crippen molar-refractivity contribution < 1.29 is 8.42 Å². The van der Waals surface area contributed by atoms with Crippen LogP contribution < -0.4 is 10.0 Å². The molecule has 1 rings (SSSR count). The second kappa shape index (κ2) is 6.77. The van der Waals surface area contributed by atoms with Gasteiger partial charge in [-0.3, -0.25) is 0 Å². The monoisotopic (exact) mass is 331 g/mol. The maximum absolute atomic E-state index is 10.8. The fraction of sp³-hybridized carbons (Fsp3) is 0.444. The quantitative estimate of drug-likeness (QED) is 0.620. The Labute approximate surface area is 121 Å². The first kappa shape index (κ1) is 15.8. The van der Waals surface area contributed by atoms with Gasteiger partial charge in [0.25, 0.3) is 0 Å². The van der Waals surface area contributed by atoms with Crippen molar-refractivity contribution in [3.63, 3.8) is 0 Å². The molecule has 0 aliphatic carbocycles. The predicted molar refractivity (Wildman–Crippen MR) is 75.2 cm³/mol. The van der Waals surface area contributed by atoms with Crippen LogP contribution in [-0.4, -0.2) is 32.7 Å². The fourth-order valence-electron chi connectivity index (χ4n) is 1.12. The lowest BCUT2D eigenvalue weighted by Gasteiger charge is -2.08. The lowest BCUT2D eigenvalue weighted by molar-refractivity contribution is 0.586. The molecule has 0 fully saturated rings. The number of nitrogens with zero attached hydrogens (tertiary/aromatic N) is 1. The predicted octanol–water partition coefficient (Wildman–Crippen LogP) is 2.39. The first-order valence-electron chi connectivity index (χ1n) is 4.99. The topological polar surface area (TPSA) is 71.1 Å². The molecule has 0 spiro atoms. The van der Waals surface area contributed by atoms with Crippen LogP contribution in [0.5, 0.6) is 0 Å². The summed E-state index contributed by atoms with van der Waals surface area (Å²) in [7, 11) is -3.15. The Hall–Kier alpha value is -0.270. The van der Waals surface area contributed by atoms with E-state index in [4.69, 9.17) is 34.8 Å². The van der Waals surface area contributed by atoms with Crippen LogP contribution in [0.25, 0.3) is 0 Å². The summed E-state index contributed by atoms with van der Waals surface area (Å²) in [6.45, 7) is 0.845. The van der Waals surface area contributed by atoms with Crippen LogP contribution in [0, 0.1) is 0 Å². The molecule has 0 amide bonds.